The van der Waals surface area contributed by atoms with Gasteiger partial charge in [-0.2, -0.15) is 4.52 Å². The molecule has 0 radical (unpaired) electrons. The number of quaternary nitrogens is 1. The summed E-state index contributed by atoms with van der Waals surface area (Å²) in [5.41, 5.74) is 5.34. The fourth-order valence-corrected chi connectivity index (χ4v) is 5.52. The first-order valence-electron chi connectivity index (χ1n) is 9.63. The molecule has 0 aliphatic carbocycles. The zero-order valence-corrected chi connectivity index (χ0v) is 16.8. The molecule has 1 unspecified atom stereocenters. The van der Waals surface area contributed by atoms with E-state index in [1.807, 2.05) is 6.92 Å². The van der Waals surface area contributed by atoms with Gasteiger partial charge in [0.25, 0.3) is 0 Å². The summed E-state index contributed by atoms with van der Waals surface area (Å²) in [6, 6.07) is 17.3. The van der Waals surface area contributed by atoms with E-state index in [-0.39, 0.29) is 11.9 Å². The van der Waals surface area contributed by atoms with Crippen LogP contribution in [0.5, 0.6) is 5.88 Å². The summed E-state index contributed by atoms with van der Waals surface area (Å²) >= 11 is 1.55. The van der Waals surface area contributed by atoms with Crippen LogP contribution in [0.25, 0.3) is 4.96 Å². The number of fused-ring (bicyclic) bond motifs is 2. The molecule has 0 spiro atoms. The van der Waals surface area contributed by atoms with E-state index in [2.05, 4.69) is 65.5 Å². The molecular weight excluding hydrogens is 368 g/mol. The second-order valence-electron chi connectivity index (χ2n) is 7.54. The van der Waals surface area contributed by atoms with Gasteiger partial charge in [0.2, 0.25) is 10.8 Å². The number of aromatic nitrogens is 3. The smallest absolute Gasteiger partial charge is 0.235 e. The first-order valence-corrected chi connectivity index (χ1v) is 10.5. The number of thiazole rings is 1. The normalized spacial score (nSPS) is 17.6. The number of aryl methyl sites for hydroxylation is 2. The lowest BCUT2D eigenvalue weighted by Gasteiger charge is -2.33. The second kappa shape index (κ2) is 6.72. The van der Waals surface area contributed by atoms with Gasteiger partial charge >= 0.3 is 0 Å². The number of aromatic hydroxyl groups is 1. The molecule has 0 saturated heterocycles. The van der Waals surface area contributed by atoms with Gasteiger partial charge in [0.05, 0.1) is 6.54 Å². The molecule has 142 valence electrons. The van der Waals surface area contributed by atoms with Gasteiger partial charge in [-0.25, -0.2) is 4.98 Å². The van der Waals surface area contributed by atoms with Crippen molar-refractivity contribution in [2.45, 2.75) is 32.9 Å². The lowest BCUT2D eigenvalue weighted by molar-refractivity contribution is -0.940. The van der Waals surface area contributed by atoms with E-state index in [1.54, 1.807) is 15.9 Å². The Balaban J connectivity index is 1.64. The number of hydrogen-bond acceptors (Lipinski definition) is 4. The van der Waals surface area contributed by atoms with E-state index in [0.717, 1.165) is 29.3 Å². The molecular formula is C22H23N4OS+. The highest BCUT2D eigenvalue weighted by Gasteiger charge is 2.35. The van der Waals surface area contributed by atoms with Crippen LogP contribution in [-0.2, 0) is 13.0 Å². The van der Waals surface area contributed by atoms with Gasteiger partial charge in [0, 0.05) is 17.5 Å². The summed E-state index contributed by atoms with van der Waals surface area (Å²) in [7, 11) is 0. The van der Waals surface area contributed by atoms with Crippen LogP contribution in [0.15, 0.2) is 48.5 Å². The molecule has 2 aromatic heterocycles. The topological polar surface area (TPSA) is 54.9 Å². The van der Waals surface area contributed by atoms with Crippen molar-refractivity contribution in [1.82, 2.24) is 14.6 Å². The molecule has 28 heavy (non-hydrogen) atoms. The quantitative estimate of drug-likeness (QED) is 0.565. The number of nitrogens with zero attached hydrogens (tertiary/aromatic N) is 3. The maximum Gasteiger partial charge on any atom is 0.235 e. The van der Waals surface area contributed by atoms with Crippen molar-refractivity contribution in [3.05, 3.63) is 81.5 Å². The van der Waals surface area contributed by atoms with Crippen molar-refractivity contribution in [2.24, 2.45) is 0 Å². The Kier molecular flexibility index (Phi) is 4.18. The third kappa shape index (κ3) is 2.80. The lowest BCUT2D eigenvalue weighted by Crippen LogP contribution is -3.12. The number of nitrogens with one attached hydrogen (secondary N) is 1. The summed E-state index contributed by atoms with van der Waals surface area (Å²) in [5, 5.41) is 15.4. The Morgan fingerprint density at radius 2 is 1.82 bits per heavy atom. The molecule has 0 fully saturated rings. The maximum absolute atomic E-state index is 11.0. The first-order chi connectivity index (χ1) is 13.6. The summed E-state index contributed by atoms with van der Waals surface area (Å²) in [6.07, 6.45) is 1.05. The summed E-state index contributed by atoms with van der Waals surface area (Å²) in [5.74, 6) is 0.903. The van der Waals surface area contributed by atoms with Crippen molar-refractivity contribution >= 4 is 16.3 Å². The highest BCUT2D eigenvalue weighted by Crippen LogP contribution is 2.36. The average molecular weight is 392 g/mol. The highest BCUT2D eigenvalue weighted by molar-refractivity contribution is 7.17. The molecule has 6 heteroatoms. The van der Waals surface area contributed by atoms with Crippen LogP contribution in [0, 0.1) is 13.8 Å². The molecule has 0 bridgehead atoms. The minimum atomic E-state index is 0.0587. The van der Waals surface area contributed by atoms with Crippen molar-refractivity contribution in [2.75, 3.05) is 6.54 Å². The van der Waals surface area contributed by atoms with E-state index < -0.39 is 0 Å². The second-order valence-corrected chi connectivity index (χ2v) is 8.55. The van der Waals surface area contributed by atoms with Crippen LogP contribution in [-0.4, -0.2) is 26.2 Å². The van der Waals surface area contributed by atoms with Crippen molar-refractivity contribution in [3.63, 3.8) is 0 Å². The predicted octanol–water partition coefficient (Wildman–Crippen LogP) is 2.84. The molecule has 5 nitrogen and oxygen atoms in total. The fraction of sp³-hybridized carbons (Fsp3) is 0.273. The molecule has 0 saturated carbocycles. The van der Waals surface area contributed by atoms with Crippen LogP contribution >= 0.6 is 11.3 Å². The van der Waals surface area contributed by atoms with Crippen molar-refractivity contribution in [1.29, 1.82) is 0 Å². The SMILES string of the molecule is Cc1nc2sc([C@H](c3ccccc3C)[NH+]3CCc4ccccc4C3)c(O)n2n1. The molecule has 2 N–H and O–H groups in total. The fourth-order valence-electron chi connectivity index (χ4n) is 4.34. The van der Waals surface area contributed by atoms with Crippen LogP contribution in [0.2, 0.25) is 0 Å². The Labute approximate surface area is 167 Å². The number of benzene rings is 2. The molecule has 3 heterocycles. The van der Waals surface area contributed by atoms with Crippen LogP contribution in [0.3, 0.4) is 0 Å². The highest BCUT2D eigenvalue weighted by atomic mass is 32.1. The zero-order chi connectivity index (χ0) is 19.3. The van der Waals surface area contributed by atoms with E-state index in [0.29, 0.717) is 5.82 Å². The molecule has 5 rings (SSSR count). The summed E-state index contributed by atoms with van der Waals surface area (Å²) in [6.45, 7) is 5.98. The minimum absolute atomic E-state index is 0.0587. The number of hydrogen-bond donors (Lipinski definition) is 2. The predicted molar refractivity (Wildman–Crippen MR) is 110 cm³/mol. The third-order valence-electron chi connectivity index (χ3n) is 5.73. The average Bonchev–Trinajstić information content (AvgIpc) is 3.21. The van der Waals surface area contributed by atoms with E-state index in [4.69, 9.17) is 0 Å². The van der Waals surface area contributed by atoms with Gasteiger partial charge in [0.15, 0.2) is 6.04 Å². The monoisotopic (exact) mass is 391 g/mol. The third-order valence-corrected chi connectivity index (χ3v) is 6.81. The van der Waals surface area contributed by atoms with Gasteiger partial charge in [-0.05, 0) is 25.0 Å². The molecule has 2 aromatic carbocycles. The zero-order valence-electron chi connectivity index (χ0n) is 16.0. The van der Waals surface area contributed by atoms with Crippen LogP contribution < -0.4 is 4.90 Å². The van der Waals surface area contributed by atoms with E-state index >= 15 is 0 Å². The Bertz CT molecular complexity index is 1160. The van der Waals surface area contributed by atoms with Crippen molar-refractivity contribution < 1.29 is 10.0 Å². The Morgan fingerprint density at radius 3 is 2.61 bits per heavy atom. The minimum Gasteiger partial charge on any atom is -0.492 e. The van der Waals surface area contributed by atoms with Gasteiger partial charge in [-0.3, -0.25) is 0 Å². The standard InChI is InChI=1S/C22H22N4OS/c1-14-7-3-6-10-18(14)19(20-21(27)26-22(28-20)23-15(2)24-26)25-12-11-16-8-4-5-9-17(16)13-25/h3-10,19,27H,11-13H2,1-2H3/p+1/t19-/m0/s1. The molecule has 2 atom stereocenters. The number of rotatable bonds is 3. The van der Waals surface area contributed by atoms with Gasteiger partial charge < -0.3 is 10.0 Å². The maximum atomic E-state index is 11.0. The van der Waals surface area contributed by atoms with E-state index in [9.17, 15) is 5.11 Å². The molecule has 4 aromatic rings. The Morgan fingerprint density at radius 1 is 1.07 bits per heavy atom. The van der Waals surface area contributed by atoms with E-state index in [1.165, 1.54) is 27.2 Å². The van der Waals surface area contributed by atoms with Gasteiger partial charge in [-0.1, -0.05) is 59.9 Å². The first kappa shape index (κ1) is 17.4. The van der Waals surface area contributed by atoms with Crippen LogP contribution in [0.4, 0.5) is 0 Å². The van der Waals surface area contributed by atoms with Gasteiger partial charge in [0.1, 0.15) is 17.2 Å². The molecule has 1 aliphatic heterocycles. The lowest BCUT2D eigenvalue weighted by atomic mass is 9.94. The van der Waals surface area contributed by atoms with Crippen LogP contribution in [0.1, 0.15) is 39.0 Å². The molecule has 0 amide bonds. The summed E-state index contributed by atoms with van der Waals surface area (Å²) < 4.78 is 1.58. The van der Waals surface area contributed by atoms with Gasteiger partial charge in [-0.15, -0.1) is 5.10 Å². The summed E-state index contributed by atoms with van der Waals surface area (Å²) in [4.78, 5) is 7.62. The Hall–Kier alpha value is -2.70. The largest absolute Gasteiger partial charge is 0.492 e. The molecule has 1 aliphatic rings. The van der Waals surface area contributed by atoms with Crippen molar-refractivity contribution in [3.8, 4) is 5.88 Å².